The number of hydrogen-bond acceptors (Lipinski definition) is 4. The Hall–Kier alpha value is -2.11. The van der Waals surface area contributed by atoms with Crippen LogP contribution in [0.5, 0.6) is 5.75 Å². The van der Waals surface area contributed by atoms with Crippen LogP contribution in [0.15, 0.2) is 41.8 Å². The van der Waals surface area contributed by atoms with Gasteiger partial charge >= 0.3 is 0 Å². The van der Waals surface area contributed by atoms with Gasteiger partial charge in [0.15, 0.2) is 0 Å². The summed E-state index contributed by atoms with van der Waals surface area (Å²) in [6.45, 7) is 3.66. The number of thiophene rings is 1. The number of ether oxygens (including phenoxy) is 1. The van der Waals surface area contributed by atoms with Crippen LogP contribution in [0.3, 0.4) is 0 Å². The minimum Gasteiger partial charge on any atom is -0.494 e. The minimum atomic E-state index is 0.150. The number of halogens is 1. The van der Waals surface area contributed by atoms with Gasteiger partial charge in [-0.15, -0.1) is 11.3 Å². The molecule has 0 spiro atoms. The molecular formula is C22H23ClN2O2S. The number of pyridine rings is 1. The van der Waals surface area contributed by atoms with Crippen molar-refractivity contribution in [1.29, 1.82) is 0 Å². The maximum absolute atomic E-state index is 13.0. The van der Waals surface area contributed by atoms with Crippen molar-refractivity contribution < 1.29 is 9.53 Å². The fourth-order valence-corrected chi connectivity index (χ4v) is 4.39. The Labute approximate surface area is 174 Å². The summed E-state index contributed by atoms with van der Waals surface area (Å²) in [4.78, 5) is 20.7. The standard InChI is InChI=1S/C22H23ClN2O2S/c1-2-27-18-8-9-20-16(12-18)11-17(21(23)24-20)13-25(14-19-7-4-10-28-19)22(26)15-5-3-6-15/h4,7-12,15H,2-3,5-6,13-14H2,1H3. The third-order valence-electron chi connectivity index (χ3n) is 5.18. The Bertz CT molecular complexity index is 970. The lowest BCUT2D eigenvalue weighted by Gasteiger charge is -2.31. The summed E-state index contributed by atoms with van der Waals surface area (Å²) in [5.74, 6) is 1.18. The number of hydrogen-bond donors (Lipinski definition) is 0. The van der Waals surface area contributed by atoms with Gasteiger partial charge in [0.1, 0.15) is 10.9 Å². The highest BCUT2D eigenvalue weighted by Crippen LogP contribution is 2.31. The summed E-state index contributed by atoms with van der Waals surface area (Å²) < 4.78 is 5.60. The molecule has 6 heteroatoms. The van der Waals surface area contributed by atoms with Gasteiger partial charge in [0.05, 0.1) is 18.7 Å². The maximum atomic E-state index is 13.0. The van der Waals surface area contributed by atoms with Crippen LogP contribution < -0.4 is 4.74 Å². The molecule has 3 aromatic rings. The topological polar surface area (TPSA) is 42.4 Å². The van der Waals surface area contributed by atoms with E-state index in [2.05, 4.69) is 11.1 Å². The zero-order chi connectivity index (χ0) is 19.5. The molecule has 146 valence electrons. The van der Waals surface area contributed by atoms with E-state index in [1.165, 1.54) is 4.88 Å². The quantitative estimate of drug-likeness (QED) is 0.467. The zero-order valence-corrected chi connectivity index (χ0v) is 17.4. The van der Waals surface area contributed by atoms with Crippen LogP contribution in [0.1, 0.15) is 36.6 Å². The minimum absolute atomic E-state index is 0.150. The predicted molar refractivity (Wildman–Crippen MR) is 114 cm³/mol. The molecule has 1 aliphatic carbocycles. The number of rotatable bonds is 7. The summed E-state index contributed by atoms with van der Waals surface area (Å²) in [6.07, 6.45) is 3.12. The van der Waals surface area contributed by atoms with Crippen LogP contribution in [0, 0.1) is 5.92 Å². The monoisotopic (exact) mass is 414 g/mol. The average Bonchev–Trinajstić information content (AvgIpc) is 3.14. The lowest BCUT2D eigenvalue weighted by Crippen LogP contribution is -2.38. The summed E-state index contributed by atoms with van der Waals surface area (Å²) in [6, 6.07) is 11.9. The molecule has 0 atom stereocenters. The van der Waals surface area contributed by atoms with E-state index in [0.29, 0.717) is 24.8 Å². The summed E-state index contributed by atoms with van der Waals surface area (Å²) in [5, 5.41) is 3.47. The lowest BCUT2D eigenvalue weighted by atomic mass is 9.84. The van der Waals surface area contributed by atoms with Crippen molar-refractivity contribution in [2.45, 2.75) is 39.3 Å². The second-order valence-electron chi connectivity index (χ2n) is 7.13. The van der Waals surface area contributed by atoms with Gasteiger partial charge in [-0.3, -0.25) is 4.79 Å². The number of fused-ring (bicyclic) bond motifs is 1. The first-order valence-electron chi connectivity index (χ1n) is 9.67. The molecule has 0 radical (unpaired) electrons. The molecule has 1 aromatic carbocycles. The molecule has 0 aliphatic heterocycles. The van der Waals surface area contributed by atoms with Crippen molar-refractivity contribution in [3.8, 4) is 5.75 Å². The molecule has 2 aromatic heterocycles. The van der Waals surface area contributed by atoms with Crippen LogP contribution in [0.25, 0.3) is 10.9 Å². The first kappa shape index (κ1) is 19.2. The van der Waals surface area contributed by atoms with Gasteiger partial charge in [-0.05, 0) is 55.5 Å². The van der Waals surface area contributed by atoms with E-state index in [-0.39, 0.29) is 11.8 Å². The van der Waals surface area contributed by atoms with Crippen molar-refractivity contribution in [3.05, 3.63) is 57.4 Å². The molecule has 1 fully saturated rings. The molecule has 1 amide bonds. The second kappa shape index (κ2) is 8.50. The summed E-state index contributed by atoms with van der Waals surface area (Å²) in [5.41, 5.74) is 1.69. The van der Waals surface area contributed by atoms with Crippen LogP contribution in [-0.4, -0.2) is 22.4 Å². The molecule has 4 nitrogen and oxygen atoms in total. The SMILES string of the molecule is CCOc1ccc2nc(Cl)c(CN(Cc3cccs3)C(=O)C3CCC3)cc2c1. The molecule has 0 unspecified atom stereocenters. The van der Waals surface area contributed by atoms with E-state index in [4.69, 9.17) is 16.3 Å². The molecule has 0 N–H and O–H groups in total. The van der Waals surface area contributed by atoms with Crippen molar-refractivity contribution in [2.24, 2.45) is 5.92 Å². The normalized spacial score (nSPS) is 14.1. The maximum Gasteiger partial charge on any atom is 0.226 e. The first-order chi connectivity index (χ1) is 13.6. The molecule has 4 rings (SSSR count). The van der Waals surface area contributed by atoms with Gasteiger partial charge in [0.2, 0.25) is 5.91 Å². The van der Waals surface area contributed by atoms with Gasteiger partial charge < -0.3 is 9.64 Å². The largest absolute Gasteiger partial charge is 0.494 e. The Balaban J connectivity index is 1.63. The summed E-state index contributed by atoms with van der Waals surface area (Å²) >= 11 is 8.16. The molecule has 28 heavy (non-hydrogen) atoms. The van der Waals surface area contributed by atoms with E-state index < -0.39 is 0 Å². The molecular weight excluding hydrogens is 392 g/mol. The van der Waals surface area contributed by atoms with Crippen LogP contribution in [0.4, 0.5) is 0 Å². The number of benzene rings is 1. The zero-order valence-electron chi connectivity index (χ0n) is 15.9. The number of aromatic nitrogens is 1. The number of amides is 1. The van der Waals surface area contributed by atoms with E-state index >= 15 is 0 Å². The molecule has 1 saturated carbocycles. The van der Waals surface area contributed by atoms with E-state index in [1.807, 2.05) is 47.5 Å². The van der Waals surface area contributed by atoms with E-state index in [1.54, 1.807) is 11.3 Å². The molecule has 1 aliphatic rings. The van der Waals surface area contributed by atoms with Gasteiger partial charge in [-0.2, -0.15) is 0 Å². The number of carbonyl (C=O) groups excluding carboxylic acids is 1. The fourth-order valence-electron chi connectivity index (χ4n) is 3.46. The third kappa shape index (κ3) is 4.15. The Morgan fingerprint density at radius 2 is 2.14 bits per heavy atom. The van der Waals surface area contributed by atoms with Crippen LogP contribution in [0.2, 0.25) is 5.15 Å². The smallest absolute Gasteiger partial charge is 0.226 e. The highest BCUT2D eigenvalue weighted by molar-refractivity contribution is 7.09. The van der Waals surface area contributed by atoms with Crippen LogP contribution >= 0.6 is 22.9 Å². The van der Waals surface area contributed by atoms with Crippen LogP contribution in [-0.2, 0) is 17.9 Å². The van der Waals surface area contributed by atoms with Gasteiger partial charge in [-0.1, -0.05) is 24.1 Å². The molecule has 2 heterocycles. The predicted octanol–water partition coefficient (Wildman–Crippen LogP) is 5.68. The third-order valence-corrected chi connectivity index (χ3v) is 6.37. The van der Waals surface area contributed by atoms with Gasteiger partial charge in [0.25, 0.3) is 0 Å². The number of carbonyl (C=O) groups is 1. The average molecular weight is 415 g/mol. The number of nitrogens with zero attached hydrogens (tertiary/aromatic N) is 2. The molecule has 0 bridgehead atoms. The van der Waals surface area contributed by atoms with E-state index in [0.717, 1.165) is 41.5 Å². The fraction of sp³-hybridized carbons (Fsp3) is 0.364. The first-order valence-corrected chi connectivity index (χ1v) is 10.9. The van der Waals surface area contributed by atoms with E-state index in [9.17, 15) is 4.79 Å². The van der Waals surface area contributed by atoms with Crippen molar-refractivity contribution in [1.82, 2.24) is 9.88 Å². The van der Waals surface area contributed by atoms with Gasteiger partial charge in [-0.25, -0.2) is 4.98 Å². The highest BCUT2D eigenvalue weighted by atomic mass is 35.5. The Kier molecular flexibility index (Phi) is 5.83. The highest BCUT2D eigenvalue weighted by Gasteiger charge is 2.30. The second-order valence-corrected chi connectivity index (χ2v) is 8.52. The van der Waals surface area contributed by atoms with Crippen molar-refractivity contribution in [3.63, 3.8) is 0 Å². The lowest BCUT2D eigenvalue weighted by molar-refractivity contribution is -0.139. The Morgan fingerprint density at radius 3 is 2.82 bits per heavy atom. The summed E-state index contributed by atoms with van der Waals surface area (Å²) in [7, 11) is 0. The van der Waals surface area contributed by atoms with Crippen molar-refractivity contribution >= 4 is 39.7 Å². The molecule has 0 saturated heterocycles. The van der Waals surface area contributed by atoms with Gasteiger partial charge in [0, 0.05) is 28.3 Å². The Morgan fingerprint density at radius 1 is 1.29 bits per heavy atom. The van der Waals surface area contributed by atoms with Crippen molar-refractivity contribution in [2.75, 3.05) is 6.61 Å².